The van der Waals surface area contributed by atoms with E-state index in [9.17, 15) is 9.59 Å². The standard InChI is InChI=1S/C19H22O5/c1-11(20)15-12(2)23-18(17(21)13-8-6-5-7-9-13)16(15)14-10-22-19(3,4)24-14/h5-9,14,16,18H,10H2,1-4H3/t14-,16-,18-/m0/s1. The fourth-order valence-electron chi connectivity index (χ4n) is 3.45. The van der Waals surface area contributed by atoms with Crippen molar-refractivity contribution in [3.8, 4) is 0 Å². The van der Waals surface area contributed by atoms with E-state index in [4.69, 9.17) is 14.2 Å². The fraction of sp³-hybridized carbons (Fsp3) is 0.474. The first-order chi connectivity index (χ1) is 11.3. The van der Waals surface area contributed by atoms with Crippen LogP contribution in [0.25, 0.3) is 0 Å². The molecule has 0 spiro atoms. The van der Waals surface area contributed by atoms with Gasteiger partial charge < -0.3 is 14.2 Å². The molecule has 0 radical (unpaired) electrons. The maximum atomic E-state index is 12.9. The molecular weight excluding hydrogens is 308 g/mol. The first-order valence-corrected chi connectivity index (χ1v) is 8.09. The highest BCUT2D eigenvalue weighted by atomic mass is 16.7. The van der Waals surface area contributed by atoms with Gasteiger partial charge in [-0.2, -0.15) is 0 Å². The van der Waals surface area contributed by atoms with Crippen molar-refractivity contribution < 1.29 is 23.8 Å². The Hall–Kier alpha value is -1.98. The molecule has 0 aromatic heterocycles. The van der Waals surface area contributed by atoms with Gasteiger partial charge in [-0.3, -0.25) is 9.59 Å². The van der Waals surface area contributed by atoms with Crippen LogP contribution in [0.3, 0.4) is 0 Å². The molecule has 1 aromatic rings. The molecule has 1 saturated heterocycles. The lowest BCUT2D eigenvalue weighted by atomic mass is 9.84. The zero-order chi connectivity index (χ0) is 17.5. The Morgan fingerprint density at radius 1 is 1.17 bits per heavy atom. The number of carbonyl (C=O) groups excluding carboxylic acids is 2. The van der Waals surface area contributed by atoms with E-state index in [-0.39, 0.29) is 11.6 Å². The molecule has 0 aliphatic carbocycles. The van der Waals surface area contributed by atoms with Gasteiger partial charge in [-0.25, -0.2) is 0 Å². The van der Waals surface area contributed by atoms with E-state index in [1.54, 1.807) is 19.1 Å². The molecular formula is C19H22O5. The van der Waals surface area contributed by atoms with E-state index in [2.05, 4.69) is 0 Å². The Bertz CT molecular complexity index is 689. The van der Waals surface area contributed by atoms with Gasteiger partial charge in [0.15, 0.2) is 17.7 Å². The smallest absolute Gasteiger partial charge is 0.204 e. The summed E-state index contributed by atoms with van der Waals surface area (Å²) in [5.74, 6) is -0.950. The molecule has 3 atom stereocenters. The van der Waals surface area contributed by atoms with Gasteiger partial charge in [-0.05, 0) is 27.7 Å². The molecule has 5 nitrogen and oxygen atoms in total. The number of carbonyl (C=O) groups is 2. The van der Waals surface area contributed by atoms with Crippen LogP contribution in [0.4, 0.5) is 0 Å². The van der Waals surface area contributed by atoms with E-state index >= 15 is 0 Å². The van der Waals surface area contributed by atoms with Crippen LogP contribution in [0.1, 0.15) is 38.1 Å². The molecule has 2 heterocycles. The monoisotopic (exact) mass is 330 g/mol. The van der Waals surface area contributed by atoms with Crippen molar-refractivity contribution in [3.05, 3.63) is 47.2 Å². The highest BCUT2D eigenvalue weighted by molar-refractivity contribution is 6.03. The molecule has 0 N–H and O–H groups in total. The molecule has 2 aliphatic rings. The van der Waals surface area contributed by atoms with Crippen LogP contribution in [-0.2, 0) is 19.0 Å². The van der Waals surface area contributed by atoms with Crippen molar-refractivity contribution in [3.63, 3.8) is 0 Å². The second-order valence-corrected chi connectivity index (χ2v) is 6.69. The molecule has 1 aromatic carbocycles. The van der Waals surface area contributed by atoms with Crippen LogP contribution in [0.5, 0.6) is 0 Å². The molecule has 3 rings (SSSR count). The normalized spacial score (nSPS) is 28.8. The van der Waals surface area contributed by atoms with Gasteiger partial charge in [-0.15, -0.1) is 0 Å². The Labute approximate surface area is 141 Å². The number of ketones is 2. The predicted molar refractivity (Wildman–Crippen MR) is 87.4 cm³/mol. The quantitative estimate of drug-likeness (QED) is 0.794. The Balaban J connectivity index is 1.94. The van der Waals surface area contributed by atoms with Gasteiger partial charge in [0.1, 0.15) is 5.76 Å². The summed E-state index contributed by atoms with van der Waals surface area (Å²) in [5, 5.41) is 0. The van der Waals surface area contributed by atoms with E-state index in [1.807, 2.05) is 32.0 Å². The Morgan fingerprint density at radius 3 is 2.38 bits per heavy atom. The molecule has 1 fully saturated rings. The minimum atomic E-state index is -0.770. The van der Waals surface area contributed by atoms with Crippen LogP contribution in [0.2, 0.25) is 0 Å². The first kappa shape index (κ1) is 16.9. The second-order valence-electron chi connectivity index (χ2n) is 6.69. The number of allylic oxidation sites excluding steroid dienone is 1. The minimum absolute atomic E-state index is 0.103. The van der Waals surface area contributed by atoms with Crippen molar-refractivity contribution in [1.82, 2.24) is 0 Å². The van der Waals surface area contributed by atoms with Gasteiger partial charge in [0.25, 0.3) is 0 Å². The summed E-state index contributed by atoms with van der Waals surface area (Å²) in [5.41, 5.74) is 1.08. The molecule has 24 heavy (non-hydrogen) atoms. The summed E-state index contributed by atoms with van der Waals surface area (Å²) in [6, 6.07) is 8.97. The van der Waals surface area contributed by atoms with Crippen LogP contribution < -0.4 is 0 Å². The average Bonchev–Trinajstić information content (AvgIpc) is 3.06. The third-order valence-corrected chi connectivity index (χ3v) is 4.47. The van der Waals surface area contributed by atoms with Crippen molar-refractivity contribution in [2.24, 2.45) is 5.92 Å². The van der Waals surface area contributed by atoms with Crippen LogP contribution in [-0.4, -0.2) is 36.2 Å². The van der Waals surface area contributed by atoms with Crippen molar-refractivity contribution >= 4 is 11.6 Å². The van der Waals surface area contributed by atoms with Gasteiger partial charge in [0, 0.05) is 11.1 Å². The molecule has 0 amide bonds. The number of ether oxygens (including phenoxy) is 3. The van der Waals surface area contributed by atoms with Crippen molar-refractivity contribution in [2.45, 2.75) is 45.7 Å². The van der Waals surface area contributed by atoms with Crippen LogP contribution in [0, 0.1) is 5.92 Å². The SMILES string of the molecule is CC(=O)C1=C(C)O[C@H](C(=O)c2ccccc2)[C@H]1[C@@H]1COC(C)(C)O1. The number of hydrogen-bond donors (Lipinski definition) is 0. The van der Waals surface area contributed by atoms with E-state index < -0.39 is 23.9 Å². The topological polar surface area (TPSA) is 61.8 Å². The maximum absolute atomic E-state index is 12.9. The molecule has 2 aliphatic heterocycles. The second kappa shape index (κ2) is 6.15. The van der Waals surface area contributed by atoms with Crippen molar-refractivity contribution in [1.29, 1.82) is 0 Å². The molecule has 128 valence electrons. The highest BCUT2D eigenvalue weighted by Gasteiger charge is 2.50. The van der Waals surface area contributed by atoms with Crippen LogP contribution in [0.15, 0.2) is 41.7 Å². The third-order valence-electron chi connectivity index (χ3n) is 4.47. The van der Waals surface area contributed by atoms with Gasteiger partial charge >= 0.3 is 0 Å². The van der Waals surface area contributed by atoms with Crippen molar-refractivity contribution in [2.75, 3.05) is 6.61 Å². The summed E-state index contributed by atoms with van der Waals surface area (Å²) >= 11 is 0. The Kier molecular flexibility index (Phi) is 4.32. The largest absolute Gasteiger partial charge is 0.486 e. The number of rotatable bonds is 4. The molecule has 0 unspecified atom stereocenters. The zero-order valence-electron chi connectivity index (χ0n) is 14.4. The number of hydrogen-bond acceptors (Lipinski definition) is 5. The maximum Gasteiger partial charge on any atom is 0.204 e. The summed E-state index contributed by atoms with van der Waals surface area (Å²) in [6.45, 7) is 7.18. The predicted octanol–water partition coefficient (Wildman–Crippen LogP) is 2.90. The number of benzene rings is 1. The summed E-state index contributed by atoms with van der Waals surface area (Å²) < 4.78 is 17.4. The van der Waals surface area contributed by atoms with Gasteiger partial charge in [-0.1, -0.05) is 30.3 Å². The van der Waals surface area contributed by atoms with Gasteiger partial charge in [0.05, 0.1) is 18.6 Å². The fourth-order valence-corrected chi connectivity index (χ4v) is 3.45. The van der Waals surface area contributed by atoms with Crippen LogP contribution >= 0.6 is 0 Å². The molecule has 0 bridgehead atoms. The molecule has 5 heteroatoms. The zero-order valence-corrected chi connectivity index (χ0v) is 14.4. The lowest BCUT2D eigenvalue weighted by Crippen LogP contribution is -2.39. The number of Topliss-reactive ketones (excluding diaryl/α,β-unsaturated/α-hetero) is 2. The minimum Gasteiger partial charge on any atom is -0.486 e. The average molecular weight is 330 g/mol. The lowest BCUT2D eigenvalue weighted by Gasteiger charge is -2.25. The first-order valence-electron chi connectivity index (χ1n) is 8.09. The van der Waals surface area contributed by atoms with E-state index in [1.165, 1.54) is 6.92 Å². The van der Waals surface area contributed by atoms with E-state index in [0.717, 1.165) is 0 Å². The summed E-state index contributed by atoms with van der Waals surface area (Å²) in [6.07, 6.45) is -1.16. The van der Waals surface area contributed by atoms with E-state index in [0.29, 0.717) is 23.5 Å². The molecule has 0 saturated carbocycles. The summed E-state index contributed by atoms with van der Waals surface area (Å²) in [7, 11) is 0. The highest BCUT2D eigenvalue weighted by Crippen LogP contribution is 2.40. The lowest BCUT2D eigenvalue weighted by molar-refractivity contribution is -0.145. The summed E-state index contributed by atoms with van der Waals surface area (Å²) in [4.78, 5) is 25.1. The Morgan fingerprint density at radius 2 is 1.83 bits per heavy atom. The third kappa shape index (κ3) is 3.01. The van der Waals surface area contributed by atoms with Gasteiger partial charge in [0.2, 0.25) is 5.78 Å².